The molecule has 5 nitrogen and oxygen atoms in total. The fraction of sp³-hybridized carbons (Fsp3) is 0.364. The molecular formula is C22H25NO4. The van der Waals surface area contributed by atoms with Gasteiger partial charge in [0.15, 0.2) is 0 Å². The van der Waals surface area contributed by atoms with Gasteiger partial charge in [0, 0.05) is 17.9 Å². The van der Waals surface area contributed by atoms with Crippen LogP contribution in [0.25, 0.3) is 11.1 Å². The Labute approximate surface area is 159 Å². The number of nitrogens with one attached hydrogen (secondary N) is 1. The van der Waals surface area contributed by atoms with Crippen LogP contribution in [0.5, 0.6) is 5.75 Å². The van der Waals surface area contributed by atoms with Crippen molar-refractivity contribution in [3.05, 3.63) is 54.1 Å². The Kier molecular flexibility index (Phi) is 6.12. The van der Waals surface area contributed by atoms with Crippen LogP contribution in [-0.4, -0.2) is 30.1 Å². The summed E-state index contributed by atoms with van der Waals surface area (Å²) in [5.41, 5.74) is 2.85. The average Bonchev–Trinajstić information content (AvgIpc) is 3.23. The number of carboxylic acids is 1. The van der Waals surface area contributed by atoms with Crippen molar-refractivity contribution < 1.29 is 19.4 Å². The van der Waals surface area contributed by atoms with Crippen LogP contribution in [-0.2, 0) is 16.0 Å². The van der Waals surface area contributed by atoms with Gasteiger partial charge in [-0.1, -0.05) is 55.3 Å². The number of ether oxygens (including phenoxy) is 1. The second-order valence-electron chi connectivity index (χ2n) is 6.98. The summed E-state index contributed by atoms with van der Waals surface area (Å²) < 4.78 is 5.39. The molecule has 2 aromatic rings. The van der Waals surface area contributed by atoms with Gasteiger partial charge in [0.05, 0.1) is 7.11 Å². The molecule has 0 spiro atoms. The van der Waals surface area contributed by atoms with E-state index in [9.17, 15) is 14.7 Å². The van der Waals surface area contributed by atoms with Gasteiger partial charge in [-0.15, -0.1) is 0 Å². The second-order valence-corrected chi connectivity index (χ2v) is 6.98. The third-order valence-electron chi connectivity index (χ3n) is 5.15. The summed E-state index contributed by atoms with van der Waals surface area (Å²) in [5, 5.41) is 12.2. The van der Waals surface area contributed by atoms with E-state index in [1.165, 1.54) is 0 Å². The van der Waals surface area contributed by atoms with Gasteiger partial charge in [-0.25, -0.2) is 4.79 Å². The number of benzene rings is 2. The summed E-state index contributed by atoms with van der Waals surface area (Å²) in [6.07, 6.45) is 4.05. The maximum atomic E-state index is 12.3. The first kappa shape index (κ1) is 19.0. The maximum absolute atomic E-state index is 12.3. The molecular weight excluding hydrogens is 342 g/mol. The summed E-state index contributed by atoms with van der Waals surface area (Å²) in [4.78, 5) is 23.9. The fourth-order valence-electron chi connectivity index (χ4n) is 3.62. The smallest absolute Gasteiger partial charge is 0.326 e. The molecule has 27 heavy (non-hydrogen) atoms. The number of aliphatic carboxylic acids is 1. The zero-order chi connectivity index (χ0) is 19.2. The predicted molar refractivity (Wildman–Crippen MR) is 104 cm³/mol. The largest absolute Gasteiger partial charge is 0.496 e. The molecule has 5 heteroatoms. The van der Waals surface area contributed by atoms with Crippen LogP contribution in [0.2, 0.25) is 0 Å². The van der Waals surface area contributed by atoms with Gasteiger partial charge in [-0.3, -0.25) is 4.79 Å². The molecule has 1 aliphatic rings. The summed E-state index contributed by atoms with van der Waals surface area (Å²) in [5.74, 6) is -0.391. The van der Waals surface area contributed by atoms with E-state index in [1.54, 1.807) is 7.11 Å². The van der Waals surface area contributed by atoms with E-state index < -0.39 is 12.0 Å². The van der Waals surface area contributed by atoms with Gasteiger partial charge in [0.25, 0.3) is 0 Å². The molecule has 1 amide bonds. The van der Waals surface area contributed by atoms with E-state index in [4.69, 9.17) is 4.74 Å². The number of amides is 1. The Morgan fingerprint density at radius 1 is 1.11 bits per heavy atom. The summed E-state index contributed by atoms with van der Waals surface area (Å²) in [6.45, 7) is 0. The molecule has 1 fully saturated rings. The highest BCUT2D eigenvalue weighted by Gasteiger charge is 2.27. The molecule has 0 aliphatic heterocycles. The lowest BCUT2D eigenvalue weighted by Gasteiger charge is -2.17. The van der Waals surface area contributed by atoms with E-state index in [0.29, 0.717) is 0 Å². The van der Waals surface area contributed by atoms with Crippen LogP contribution in [0.15, 0.2) is 48.5 Å². The minimum Gasteiger partial charge on any atom is -0.496 e. The number of carboxylic acid groups (broad SMARTS) is 1. The van der Waals surface area contributed by atoms with Gasteiger partial charge in [0.2, 0.25) is 5.91 Å². The number of carbonyl (C=O) groups is 2. The highest BCUT2D eigenvalue weighted by molar-refractivity contribution is 5.85. The molecule has 0 saturated heterocycles. The lowest BCUT2D eigenvalue weighted by Crippen LogP contribution is -2.44. The molecule has 0 radical (unpaired) electrons. The van der Waals surface area contributed by atoms with Crippen molar-refractivity contribution in [3.8, 4) is 16.9 Å². The molecule has 0 bridgehead atoms. The lowest BCUT2D eigenvalue weighted by atomic mass is 9.99. The Morgan fingerprint density at radius 2 is 1.78 bits per heavy atom. The number of para-hydroxylation sites is 1. The molecule has 1 aliphatic carbocycles. The first-order chi connectivity index (χ1) is 13.1. The van der Waals surface area contributed by atoms with Crippen LogP contribution >= 0.6 is 0 Å². The Hall–Kier alpha value is -2.82. The van der Waals surface area contributed by atoms with Gasteiger partial charge in [-0.05, 0) is 30.0 Å². The average molecular weight is 367 g/mol. The summed E-state index contributed by atoms with van der Waals surface area (Å²) >= 11 is 0. The molecule has 3 rings (SSSR count). The highest BCUT2D eigenvalue weighted by Crippen LogP contribution is 2.30. The van der Waals surface area contributed by atoms with E-state index in [2.05, 4.69) is 5.32 Å². The van der Waals surface area contributed by atoms with E-state index in [0.717, 1.165) is 48.1 Å². The van der Waals surface area contributed by atoms with Crippen LogP contribution < -0.4 is 10.1 Å². The minimum atomic E-state index is -1.00. The van der Waals surface area contributed by atoms with Crippen molar-refractivity contribution in [2.75, 3.05) is 7.11 Å². The van der Waals surface area contributed by atoms with E-state index in [-0.39, 0.29) is 18.2 Å². The van der Waals surface area contributed by atoms with Gasteiger partial charge >= 0.3 is 5.97 Å². The van der Waals surface area contributed by atoms with Crippen molar-refractivity contribution in [1.82, 2.24) is 5.32 Å². The van der Waals surface area contributed by atoms with Crippen molar-refractivity contribution in [2.24, 2.45) is 5.92 Å². The zero-order valence-electron chi connectivity index (χ0n) is 15.5. The fourth-order valence-corrected chi connectivity index (χ4v) is 3.62. The highest BCUT2D eigenvalue weighted by atomic mass is 16.5. The lowest BCUT2D eigenvalue weighted by molar-refractivity contribution is -0.142. The summed E-state index contributed by atoms with van der Waals surface area (Å²) in [6, 6.07) is 14.5. The van der Waals surface area contributed by atoms with Crippen molar-refractivity contribution in [3.63, 3.8) is 0 Å². The van der Waals surface area contributed by atoms with Crippen LogP contribution in [0.1, 0.15) is 31.2 Å². The van der Waals surface area contributed by atoms with Crippen molar-refractivity contribution >= 4 is 11.9 Å². The third kappa shape index (κ3) is 4.67. The van der Waals surface area contributed by atoms with Gasteiger partial charge < -0.3 is 15.2 Å². The number of hydrogen-bond donors (Lipinski definition) is 2. The SMILES string of the molecule is COc1ccccc1-c1ccc(C[C@H](NC(=O)C2CCCC2)C(=O)O)cc1. The molecule has 2 N–H and O–H groups in total. The van der Waals surface area contributed by atoms with Crippen LogP contribution in [0.3, 0.4) is 0 Å². The van der Waals surface area contributed by atoms with Crippen LogP contribution in [0.4, 0.5) is 0 Å². The zero-order valence-corrected chi connectivity index (χ0v) is 15.5. The molecule has 0 unspecified atom stereocenters. The number of carbonyl (C=O) groups excluding carboxylic acids is 1. The Morgan fingerprint density at radius 3 is 2.41 bits per heavy atom. The number of hydrogen-bond acceptors (Lipinski definition) is 3. The van der Waals surface area contributed by atoms with Crippen molar-refractivity contribution in [1.29, 1.82) is 0 Å². The van der Waals surface area contributed by atoms with Crippen LogP contribution in [0, 0.1) is 5.92 Å². The standard InChI is InChI=1S/C22H25NO4/c1-27-20-9-5-4-8-18(20)16-12-10-15(11-13-16)14-19(22(25)26)23-21(24)17-6-2-3-7-17/h4-5,8-13,17,19H,2-3,6-7,14H2,1H3,(H,23,24)(H,25,26)/t19-/m0/s1. The molecule has 1 atom stereocenters. The predicted octanol–water partition coefficient (Wildman–Crippen LogP) is 3.66. The number of rotatable bonds is 7. The van der Waals surface area contributed by atoms with E-state index in [1.807, 2.05) is 48.5 Å². The quantitative estimate of drug-likeness (QED) is 0.783. The topological polar surface area (TPSA) is 75.6 Å². The normalized spacial score (nSPS) is 15.3. The molecule has 1 saturated carbocycles. The first-order valence-corrected chi connectivity index (χ1v) is 9.34. The third-order valence-corrected chi connectivity index (χ3v) is 5.15. The Balaban J connectivity index is 1.69. The Bertz CT molecular complexity index is 794. The molecule has 2 aromatic carbocycles. The molecule has 0 aromatic heterocycles. The van der Waals surface area contributed by atoms with Gasteiger partial charge in [0.1, 0.15) is 11.8 Å². The second kappa shape index (κ2) is 8.71. The molecule has 142 valence electrons. The van der Waals surface area contributed by atoms with Crippen molar-refractivity contribution in [2.45, 2.75) is 38.1 Å². The minimum absolute atomic E-state index is 0.0419. The molecule has 0 heterocycles. The summed E-state index contributed by atoms with van der Waals surface area (Å²) in [7, 11) is 1.64. The first-order valence-electron chi connectivity index (χ1n) is 9.34. The number of methoxy groups -OCH3 is 1. The van der Waals surface area contributed by atoms with Gasteiger partial charge in [-0.2, -0.15) is 0 Å². The van der Waals surface area contributed by atoms with E-state index >= 15 is 0 Å². The monoisotopic (exact) mass is 367 g/mol. The maximum Gasteiger partial charge on any atom is 0.326 e.